The number of aliphatic hydroxyl groups is 1. The Bertz CT molecular complexity index is 685. The first-order valence-electron chi connectivity index (χ1n) is 8.28. The van der Waals surface area contributed by atoms with Crippen LogP contribution in [-0.2, 0) is 9.53 Å². The first kappa shape index (κ1) is 21.0. The van der Waals surface area contributed by atoms with Gasteiger partial charge in [0.25, 0.3) is 0 Å². The van der Waals surface area contributed by atoms with Crippen LogP contribution in [0.25, 0.3) is 6.08 Å². The van der Waals surface area contributed by atoms with Gasteiger partial charge in [-0.2, -0.15) is 0 Å². The first-order valence-corrected chi connectivity index (χ1v) is 8.28. The summed E-state index contributed by atoms with van der Waals surface area (Å²) < 4.78 is 10.7. The lowest BCUT2D eigenvalue weighted by Gasteiger charge is -2.22. The fraction of sp³-hybridized carbons (Fsp3) is 0.227. The molecule has 0 bridgehead atoms. The van der Waals surface area contributed by atoms with Gasteiger partial charge in [-0.3, -0.25) is 0 Å². The Balaban J connectivity index is 0.000000314. The van der Waals surface area contributed by atoms with E-state index in [-0.39, 0.29) is 0 Å². The number of benzene rings is 2. The Labute approximate surface area is 155 Å². The van der Waals surface area contributed by atoms with Gasteiger partial charge in [-0.15, -0.1) is 0 Å². The van der Waals surface area contributed by atoms with Gasteiger partial charge in [0.05, 0.1) is 6.26 Å². The van der Waals surface area contributed by atoms with Crippen molar-refractivity contribution in [3.63, 3.8) is 0 Å². The minimum absolute atomic E-state index is 0.434. The number of rotatable bonds is 5. The van der Waals surface area contributed by atoms with E-state index in [1.54, 1.807) is 18.2 Å². The summed E-state index contributed by atoms with van der Waals surface area (Å²) in [6.07, 6.45) is 3.33. The van der Waals surface area contributed by atoms with Crippen LogP contribution in [0.15, 0.2) is 79.6 Å². The number of esters is 1. The molecule has 2 aromatic rings. The van der Waals surface area contributed by atoms with Crippen molar-refractivity contribution in [3.8, 4) is 5.75 Å². The predicted molar refractivity (Wildman–Crippen MR) is 105 cm³/mol. The highest BCUT2D eigenvalue weighted by atomic mass is 16.6. The number of carbonyl (C=O) groups is 1. The number of hydrogen-bond acceptors (Lipinski definition) is 4. The zero-order chi connectivity index (χ0) is 19.4. The average Bonchev–Trinajstić information content (AvgIpc) is 2.61. The average molecular weight is 354 g/mol. The summed E-state index contributed by atoms with van der Waals surface area (Å²) in [5.41, 5.74) is 0.485. The van der Waals surface area contributed by atoms with Crippen molar-refractivity contribution in [2.45, 2.75) is 32.5 Å². The standard InChI is InChI=1S/C14H18O3.C8H8O/c1-5-12(13(15)17-14(2,3)4)16-11-9-7-6-8-10-11;9-7-6-8-4-2-1-3-5-8/h5-10,12H,1H2,2-4H3;1-7,9H. The number of ether oxygens (including phenoxy) is 2. The summed E-state index contributed by atoms with van der Waals surface area (Å²) in [6, 6.07) is 18.7. The molecular formula is C22H26O4. The van der Waals surface area contributed by atoms with Gasteiger partial charge in [0.15, 0.2) is 0 Å². The molecule has 26 heavy (non-hydrogen) atoms. The molecular weight excluding hydrogens is 328 g/mol. The van der Waals surface area contributed by atoms with E-state index in [1.807, 2.05) is 69.3 Å². The van der Waals surface area contributed by atoms with Crippen LogP contribution in [0.5, 0.6) is 5.75 Å². The maximum atomic E-state index is 11.8. The molecule has 0 aliphatic rings. The Hall–Kier alpha value is -3.01. The molecule has 0 fully saturated rings. The van der Waals surface area contributed by atoms with Crippen molar-refractivity contribution in [2.24, 2.45) is 0 Å². The number of para-hydroxylation sites is 1. The third-order valence-electron chi connectivity index (χ3n) is 2.93. The smallest absolute Gasteiger partial charge is 0.351 e. The van der Waals surface area contributed by atoms with E-state index in [0.717, 1.165) is 11.8 Å². The van der Waals surface area contributed by atoms with Crippen LogP contribution in [0.3, 0.4) is 0 Å². The zero-order valence-corrected chi connectivity index (χ0v) is 15.5. The monoisotopic (exact) mass is 354 g/mol. The molecule has 1 atom stereocenters. The Morgan fingerprint density at radius 1 is 1.04 bits per heavy atom. The van der Waals surface area contributed by atoms with Gasteiger partial charge in [-0.25, -0.2) is 4.79 Å². The number of hydrogen-bond donors (Lipinski definition) is 1. The van der Waals surface area contributed by atoms with Crippen molar-refractivity contribution >= 4 is 12.0 Å². The molecule has 0 saturated heterocycles. The van der Waals surface area contributed by atoms with E-state index in [4.69, 9.17) is 14.6 Å². The molecule has 4 heteroatoms. The fourth-order valence-electron chi connectivity index (χ4n) is 1.85. The molecule has 1 unspecified atom stereocenters. The Morgan fingerprint density at radius 2 is 1.58 bits per heavy atom. The largest absolute Gasteiger partial charge is 0.516 e. The molecule has 0 spiro atoms. The first-order chi connectivity index (χ1) is 12.4. The SMILES string of the molecule is C=CC(Oc1ccccc1)C(=O)OC(C)(C)C.OC=Cc1ccccc1. The van der Waals surface area contributed by atoms with E-state index < -0.39 is 17.7 Å². The molecule has 138 valence electrons. The number of aliphatic hydroxyl groups excluding tert-OH is 1. The van der Waals surface area contributed by atoms with Crippen molar-refractivity contribution in [1.82, 2.24) is 0 Å². The summed E-state index contributed by atoms with van der Waals surface area (Å²) in [7, 11) is 0. The van der Waals surface area contributed by atoms with Crippen LogP contribution >= 0.6 is 0 Å². The minimum Gasteiger partial charge on any atom is -0.516 e. The molecule has 4 nitrogen and oxygen atoms in total. The van der Waals surface area contributed by atoms with Gasteiger partial charge in [0, 0.05) is 0 Å². The fourth-order valence-corrected chi connectivity index (χ4v) is 1.85. The highest BCUT2D eigenvalue weighted by Gasteiger charge is 2.24. The molecule has 0 radical (unpaired) electrons. The lowest BCUT2D eigenvalue weighted by atomic mass is 10.2. The van der Waals surface area contributed by atoms with Crippen molar-refractivity contribution in [3.05, 3.63) is 85.1 Å². The highest BCUT2D eigenvalue weighted by Crippen LogP contribution is 2.15. The minimum atomic E-state index is -0.781. The summed E-state index contributed by atoms with van der Waals surface area (Å²) in [4.78, 5) is 11.8. The van der Waals surface area contributed by atoms with Crippen molar-refractivity contribution < 1.29 is 19.4 Å². The van der Waals surface area contributed by atoms with Crippen LogP contribution in [0.4, 0.5) is 0 Å². The van der Waals surface area contributed by atoms with Crippen LogP contribution in [0.1, 0.15) is 26.3 Å². The van der Waals surface area contributed by atoms with E-state index in [0.29, 0.717) is 5.75 Å². The molecule has 2 aromatic carbocycles. The zero-order valence-electron chi connectivity index (χ0n) is 15.5. The molecule has 2 rings (SSSR count). The van der Waals surface area contributed by atoms with Gasteiger partial charge in [-0.1, -0.05) is 55.1 Å². The van der Waals surface area contributed by atoms with Crippen molar-refractivity contribution in [1.29, 1.82) is 0 Å². The third-order valence-corrected chi connectivity index (χ3v) is 2.93. The van der Waals surface area contributed by atoms with Gasteiger partial charge in [0.2, 0.25) is 6.10 Å². The Morgan fingerprint density at radius 3 is 2.04 bits per heavy atom. The van der Waals surface area contributed by atoms with E-state index in [1.165, 1.54) is 6.08 Å². The Kier molecular flexibility index (Phi) is 8.71. The third kappa shape index (κ3) is 8.73. The van der Waals surface area contributed by atoms with Crippen LogP contribution in [0.2, 0.25) is 0 Å². The molecule has 0 aliphatic carbocycles. The van der Waals surface area contributed by atoms with Crippen LogP contribution in [-0.4, -0.2) is 22.8 Å². The molecule has 0 heterocycles. The molecule has 0 saturated carbocycles. The summed E-state index contributed by atoms with van der Waals surface area (Å²) in [6.45, 7) is 9.02. The lowest BCUT2D eigenvalue weighted by Crippen LogP contribution is -2.34. The topological polar surface area (TPSA) is 55.8 Å². The molecule has 0 aliphatic heterocycles. The van der Waals surface area contributed by atoms with Crippen LogP contribution < -0.4 is 4.74 Å². The predicted octanol–water partition coefficient (Wildman–Crippen LogP) is 5.18. The van der Waals surface area contributed by atoms with E-state index in [2.05, 4.69) is 6.58 Å². The second kappa shape index (κ2) is 10.8. The van der Waals surface area contributed by atoms with Gasteiger partial charge in [-0.05, 0) is 50.6 Å². The van der Waals surface area contributed by atoms with E-state index in [9.17, 15) is 4.79 Å². The second-order valence-electron chi connectivity index (χ2n) is 6.35. The van der Waals surface area contributed by atoms with E-state index >= 15 is 0 Å². The normalized spacial score (nSPS) is 11.8. The van der Waals surface area contributed by atoms with Gasteiger partial charge in [0.1, 0.15) is 11.4 Å². The highest BCUT2D eigenvalue weighted by molar-refractivity contribution is 5.77. The summed E-state index contributed by atoms with van der Waals surface area (Å²) in [5.74, 6) is 0.180. The number of carbonyl (C=O) groups excluding carboxylic acids is 1. The van der Waals surface area contributed by atoms with Gasteiger partial charge < -0.3 is 14.6 Å². The van der Waals surface area contributed by atoms with Crippen LogP contribution in [0, 0.1) is 0 Å². The molecule has 0 amide bonds. The quantitative estimate of drug-likeness (QED) is 0.457. The molecule has 0 aromatic heterocycles. The maximum absolute atomic E-state index is 11.8. The van der Waals surface area contributed by atoms with Crippen molar-refractivity contribution in [2.75, 3.05) is 0 Å². The maximum Gasteiger partial charge on any atom is 0.351 e. The molecule has 1 N–H and O–H groups in total. The summed E-state index contributed by atoms with van der Waals surface area (Å²) >= 11 is 0. The lowest BCUT2D eigenvalue weighted by molar-refractivity contribution is -0.161. The summed E-state index contributed by atoms with van der Waals surface area (Å²) in [5, 5.41) is 8.34. The second-order valence-corrected chi connectivity index (χ2v) is 6.35. The van der Waals surface area contributed by atoms with Gasteiger partial charge >= 0.3 is 5.97 Å².